The molecule has 0 saturated carbocycles. The third kappa shape index (κ3) is 3.07. The summed E-state index contributed by atoms with van der Waals surface area (Å²) in [5, 5.41) is 6.43. The Hall–Kier alpha value is -2.30. The lowest BCUT2D eigenvalue weighted by Gasteiger charge is -2.05. The molecule has 0 aliphatic rings. The van der Waals surface area contributed by atoms with Gasteiger partial charge in [0, 0.05) is 17.8 Å². The van der Waals surface area contributed by atoms with Crippen molar-refractivity contribution in [1.29, 1.82) is 0 Å². The Kier molecular flexibility index (Phi) is 3.40. The number of hydrogen-bond acceptors (Lipinski definition) is 4. The van der Waals surface area contributed by atoms with Gasteiger partial charge in [0.2, 0.25) is 5.91 Å². The smallest absolute Gasteiger partial charge is 0.230 e. The minimum atomic E-state index is -0.146. The molecule has 0 unspecified atom stereocenters. The molecule has 0 radical (unpaired) electrons. The average molecular weight is 232 g/mol. The Balaban J connectivity index is 1.98. The van der Waals surface area contributed by atoms with Crippen molar-refractivity contribution in [3.8, 4) is 5.75 Å². The highest BCUT2D eigenvalue weighted by atomic mass is 16.5. The number of ether oxygens (including phenoxy) is 1. The summed E-state index contributed by atoms with van der Waals surface area (Å²) in [4.78, 5) is 11.6. The molecule has 0 atom stereocenters. The third-order valence-electron chi connectivity index (χ3n) is 2.19. The lowest BCUT2D eigenvalue weighted by atomic mass is 10.2. The molecule has 0 saturated heterocycles. The highest BCUT2D eigenvalue weighted by molar-refractivity contribution is 5.92. The van der Waals surface area contributed by atoms with Crippen LogP contribution in [0.5, 0.6) is 5.75 Å². The molecule has 5 heteroatoms. The molecule has 17 heavy (non-hydrogen) atoms. The summed E-state index contributed by atoms with van der Waals surface area (Å²) >= 11 is 0. The van der Waals surface area contributed by atoms with Crippen LogP contribution in [0.1, 0.15) is 5.69 Å². The Labute approximate surface area is 98.4 Å². The van der Waals surface area contributed by atoms with E-state index in [0.717, 1.165) is 0 Å². The van der Waals surface area contributed by atoms with E-state index in [1.54, 1.807) is 25.3 Å². The number of nitrogens with one attached hydrogen (secondary N) is 1. The predicted octanol–water partition coefficient (Wildman–Crippen LogP) is 1.86. The summed E-state index contributed by atoms with van der Waals surface area (Å²) < 4.78 is 9.72. The van der Waals surface area contributed by atoms with Crippen molar-refractivity contribution in [2.45, 2.75) is 6.42 Å². The number of carbonyl (C=O) groups is 1. The van der Waals surface area contributed by atoms with E-state index in [4.69, 9.17) is 4.74 Å². The maximum Gasteiger partial charge on any atom is 0.230 e. The van der Waals surface area contributed by atoms with Gasteiger partial charge in [0.25, 0.3) is 0 Å². The van der Waals surface area contributed by atoms with Crippen LogP contribution < -0.4 is 10.1 Å². The van der Waals surface area contributed by atoms with E-state index in [-0.39, 0.29) is 12.3 Å². The van der Waals surface area contributed by atoms with E-state index in [0.29, 0.717) is 17.1 Å². The van der Waals surface area contributed by atoms with Gasteiger partial charge in [-0.05, 0) is 12.1 Å². The fourth-order valence-corrected chi connectivity index (χ4v) is 1.40. The molecule has 1 N–H and O–H groups in total. The van der Waals surface area contributed by atoms with Crippen molar-refractivity contribution in [2.24, 2.45) is 0 Å². The monoisotopic (exact) mass is 232 g/mol. The normalized spacial score (nSPS) is 9.94. The topological polar surface area (TPSA) is 64.4 Å². The van der Waals surface area contributed by atoms with Crippen molar-refractivity contribution >= 4 is 11.6 Å². The minimum Gasteiger partial charge on any atom is -0.497 e. The molecule has 0 spiro atoms. The predicted molar refractivity (Wildman–Crippen MR) is 61.8 cm³/mol. The molecule has 0 fully saturated rings. The lowest BCUT2D eigenvalue weighted by molar-refractivity contribution is -0.115. The van der Waals surface area contributed by atoms with Gasteiger partial charge < -0.3 is 14.6 Å². The molecule has 1 amide bonds. The molecular weight excluding hydrogens is 220 g/mol. The number of amides is 1. The molecule has 1 heterocycles. The van der Waals surface area contributed by atoms with E-state index in [2.05, 4.69) is 15.0 Å². The number of carbonyl (C=O) groups excluding carboxylic acids is 1. The van der Waals surface area contributed by atoms with Crippen LogP contribution >= 0.6 is 0 Å². The summed E-state index contributed by atoms with van der Waals surface area (Å²) in [5.41, 5.74) is 1.29. The largest absolute Gasteiger partial charge is 0.497 e. The first-order chi connectivity index (χ1) is 8.28. The second-order valence-corrected chi connectivity index (χ2v) is 3.45. The first-order valence-corrected chi connectivity index (χ1v) is 5.11. The van der Waals surface area contributed by atoms with Gasteiger partial charge in [-0.2, -0.15) is 0 Å². The van der Waals surface area contributed by atoms with E-state index < -0.39 is 0 Å². The lowest BCUT2D eigenvalue weighted by Crippen LogP contribution is -2.14. The molecular formula is C12H12N2O3. The second kappa shape index (κ2) is 5.16. The quantitative estimate of drug-likeness (QED) is 0.873. The number of anilines is 1. The van der Waals surface area contributed by atoms with Gasteiger partial charge in [-0.3, -0.25) is 4.79 Å². The zero-order chi connectivity index (χ0) is 12.1. The summed E-state index contributed by atoms with van der Waals surface area (Å²) in [6, 6.07) is 8.83. The molecule has 2 aromatic rings. The zero-order valence-corrected chi connectivity index (χ0v) is 9.34. The van der Waals surface area contributed by atoms with E-state index in [1.807, 2.05) is 12.1 Å². The van der Waals surface area contributed by atoms with Crippen molar-refractivity contribution in [3.63, 3.8) is 0 Å². The second-order valence-electron chi connectivity index (χ2n) is 3.45. The first-order valence-electron chi connectivity index (χ1n) is 5.11. The number of aromatic nitrogens is 1. The Morgan fingerprint density at radius 3 is 3.06 bits per heavy atom. The first kappa shape index (κ1) is 11.2. The molecule has 2 rings (SSSR count). The summed E-state index contributed by atoms with van der Waals surface area (Å²) in [6.45, 7) is 0. The zero-order valence-electron chi connectivity index (χ0n) is 9.34. The summed E-state index contributed by atoms with van der Waals surface area (Å²) in [5.74, 6) is 0.552. The Morgan fingerprint density at radius 1 is 1.47 bits per heavy atom. The number of rotatable bonds is 4. The van der Waals surface area contributed by atoms with Crippen molar-refractivity contribution < 1.29 is 14.1 Å². The molecule has 88 valence electrons. The van der Waals surface area contributed by atoms with Gasteiger partial charge in [0.05, 0.1) is 19.2 Å². The van der Waals surface area contributed by atoms with Crippen LogP contribution in [0.25, 0.3) is 0 Å². The number of nitrogens with zero attached hydrogens (tertiary/aromatic N) is 1. The van der Waals surface area contributed by atoms with Crippen LogP contribution in [0.4, 0.5) is 5.69 Å². The van der Waals surface area contributed by atoms with Gasteiger partial charge in [-0.1, -0.05) is 11.2 Å². The van der Waals surface area contributed by atoms with Crippen LogP contribution in [-0.2, 0) is 11.2 Å². The molecule has 5 nitrogen and oxygen atoms in total. The molecule has 0 bridgehead atoms. The molecule has 1 aromatic carbocycles. The molecule has 1 aromatic heterocycles. The van der Waals surface area contributed by atoms with Gasteiger partial charge in [0.15, 0.2) is 0 Å². The number of benzene rings is 1. The summed E-state index contributed by atoms with van der Waals surface area (Å²) in [6.07, 6.45) is 1.63. The Morgan fingerprint density at radius 2 is 2.35 bits per heavy atom. The maximum absolute atomic E-state index is 11.6. The molecule has 0 aliphatic heterocycles. The summed E-state index contributed by atoms with van der Waals surface area (Å²) in [7, 11) is 1.58. The van der Waals surface area contributed by atoms with Crippen LogP contribution in [0.15, 0.2) is 41.1 Å². The fourth-order valence-electron chi connectivity index (χ4n) is 1.40. The average Bonchev–Trinajstić information content (AvgIpc) is 2.82. The third-order valence-corrected chi connectivity index (χ3v) is 2.19. The van der Waals surface area contributed by atoms with Gasteiger partial charge >= 0.3 is 0 Å². The van der Waals surface area contributed by atoms with E-state index in [1.165, 1.54) is 6.26 Å². The van der Waals surface area contributed by atoms with Gasteiger partial charge in [0.1, 0.15) is 12.0 Å². The highest BCUT2D eigenvalue weighted by Gasteiger charge is 2.06. The molecule has 0 aliphatic carbocycles. The van der Waals surface area contributed by atoms with Crippen molar-refractivity contribution in [2.75, 3.05) is 12.4 Å². The van der Waals surface area contributed by atoms with Crippen molar-refractivity contribution in [1.82, 2.24) is 5.16 Å². The Bertz CT molecular complexity index is 494. The highest BCUT2D eigenvalue weighted by Crippen LogP contribution is 2.16. The van der Waals surface area contributed by atoms with Crippen molar-refractivity contribution in [3.05, 3.63) is 42.3 Å². The van der Waals surface area contributed by atoms with E-state index >= 15 is 0 Å². The minimum absolute atomic E-state index is 0.146. The van der Waals surface area contributed by atoms with Crippen LogP contribution in [0.2, 0.25) is 0 Å². The van der Waals surface area contributed by atoms with Crippen LogP contribution in [0.3, 0.4) is 0 Å². The maximum atomic E-state index is 11.6. The number of hydrogen-bond donors (Lipinski definition) is 1. The van der Waals surface area contributed by atoms with Gasteiger partial charge in [-0.15, -0.1) is 0 Å². The van der Waals surface area contributed by atoms with Crippen LogP contribution in [-0.4, -0.2) is 18.2 Å². The van der Waals surface area contributed by atoms with E-state index in [9.17, 15) is 4.79 Å². The standard InChI is InChI=1S/C12H12N2O3/c1-16-11-4-2-3-9(7-11)13-12(15)8-10-5-6-17-14-10/h2-7H,8H2,1H3,(H,13,15). The van der Waals surface area contributed by atoms with Gasteiger partial charge in [-0.25, -0.2) is 0 Å². The fraction of sp³-hybridized carbons (Fsp3) is 0.167. The van der Waals surface area contributed by atoms with Crippen LogP contribution in [0, 0.1) is 0 Å². The SMILES string of the molecule is COc1cccc(NC(=O)Cc2ccon2)c1. The number of methoxy groups -OCH3 is 1.